The molecule has 0 aliphatic carbocycles. The van der Waals surface area contributed by atoms with E-state index >= 15 is 0 Å². The molecule has 1 N–H and O–H groups in total. The van der Waals surface area contributed by atoms with E-state index in [-0.39, 0.29) is 16.5 Å². The second-order valence-corrected chi connectivity index (χ2v) is 14.1. The quantitative estimate of drug-likeness (QED) is 0.0872. The van der Waals surface area contributed by atoms with Crippen LogP contribution in [0.25, 0.3) is 0 Å². The van der Waals surface area contributed by atoms with E-state index in [1.807, 2.05) is 6.92 Å². The second kappa shape index (κ2) is 14.1. The molecule has 45 heavy (non-hydrogen) atoms. The monoisotopic (exact) mass is 668 g/mol. The number of aryl methyl sites for hydroxylation is 2. The molecule has 13 heteroatoms. The largest absolute Gasteiger partial charge is 0.503 e. The molecule has 1 amide bonds. The molecular weight excluding hydrogens is 636 g/mol. The van der Waals surface area contributed by atoms with Crippen molar-refractivity contribution in [1.29, 1.82) is 0 Å². The van der Waals surface area contributed by atoms with Gasteiger partial charge < -0.3 is 14.6 Å². The van der Waals surface area contributed by atoms with Gasteiger partial charge in [-0.15, -0.1) is 21.5 Å². The molecule has 0 fully saturated rings. The fourth-order valence-electron chi connectivity index (χ4n) is 4.78. The van der Waals surface area contributed by atoms with Gasteiger partial charge >= 0.3 is 0 Å². The van der Waals surface area contributed by atoms with Crippen LogP contribution < -0.4 is 14.4 Å². The Morgan fingerprint density at radius 1 is 1.09 bits per heavy atom. The maximum absolute atomic E-state index is 14.0. The van der Waals surface area contributed by atoms with Crippen LogP contribution in [0, 0.1) is 25.6 Å². The minimum atomic E-state index is -1.02. The van der Waals surface area contributed by atoms with Crippen LogP contribution in [0.15, 0.2) is 58.1 Å². The van der Waals surface area contributed by atoms with Crippen LogP contribution in [0.1, 0.15) is 64.7 Å². The SMILES string of the molecule is CCOc1cc(C2C(C(=O)c3sc(C)nc3C)=C(O)C(=O)N2c2nnc(SCc3ccc(F)cc3)s2)ccc1OCCC(C)C. The van der Waals surface area contributed by atoms with Crippen molar-refractivity contribution in [3.63, 3.8) is 0 Å². The highest BCUT2D eigenvalue weighted by Crippen LogP contribution is 2.46. The number of ether oxygens (including phenoxy) is 2. The number of aromatic nitrogens is 3. The van der Waals surface area contributed by atoms with E-state index in [1.54, 1.807) is 44.2 Å². The van der Waals surface area contributed by atoms with Crippen molar-refractivity contribution >= 4 is 51.3 Å². The van der Waals surface area contributed by atoms with E-state index in [1.165, 1.54) is 40.1 Å². The molecule has 1 aliphatic heterocycles. The highest BCUT2D eigenvalue weighted by molar-refractivity contribution is 8.00. The fourth-order valence-corrected chi connectivity index (χ4v) is 7.48. The molecule has 1 unspecified atom stereocenters. The first-order chi connectivity index (χ1) is 21.6. The molecule has 5 rings (SSSR count). The number of nitrogens with zero attached hydrogens (tertiary/aromatic N) is 4. The molecule has 0 saturated carbocycles. The Morgan fingerprint density at radius 3 is 2.51 bits per heavy atom. The van der Waals surface area contributed by atoms with Gasteiger partial charge in [-0.2, -0.15) is 0 Å². The third-order valence-electron chi connectivity index (χ3n) is 6.98. The maximum atomic E-state index is 14.0. The van der Waals surface area contributed by atoms with E-state index in [2.05, 4.69) is 29.0 Å². The Morgan fingerprint density at radius 2 is 1.84 bits per heavy atom. The van der Waals surface area contributed by atoms with E-state index < -0.39 is 23.5 Å². The smallest absolute Gasteiger partial charge is 0.296 e. The lowest BCUT2D eigenvalue weighted by Gasteiger charge is -2.25. The normalized spacial score (nSPS) is 15.0. The predicted octanol–water partition coefficient (Wildman–Crippen LogP) is 7.65. The summed E-state index contributed by atoms with van der Waals surface area (Å²) in [6.07, 6.45) is 0.861. The van der Waals surface area contributed by atoms with Gasteiger partial charge in [-0.1, -0.05) is 55.1 Å². The Balaban J connectivity index is 1.53. The van der Waals surface area contributed by atoms with Crippen LogP contribution in [0.3, 0.4) is 0 Å². The van der Waals surface area contributed by atoms with Crippen LogP contribution in [-0.2, 0) is 10.5 Å². The van der Waals surface area contributed by atoms with E-state index in [4.69, 9.17) is 9.47 Å². The lowest BCUT2D eigenvalue weighted by Crippen LogP contribution is -2.31. The number of aliphatic hydroxyl groups is 1. The lowest BCUT2D eigenvalue weighted by molar-refractivity contribution is -0.117. The number of anilines is 1. The van der Waals surface area contributed by atoms with Gasteiger partial charge in [-0.25, -0.2) is 9.37 Å². The first-order valence-electron chi connectivity index (χ1n) is 14.4. The number of carbonyl (C=O) groups is 2. The average molecular weight is 669 g/mol. The van der Waals surface area contributed by atoms with Gasteiger partial charge in [0.25, 0.3) is 5.91 Å². The summed E-state index contributed by atoms with van der Waals surface area (Å²) in [5, 5.41) is 20.7. The average Bonchev–Trinajstić information content (AvgIpc) is 3.68. The van der Waals surface area contributed by atoms with Gasteiger partial charge in [0.1, 0.15) is 5.82 Å². The topological polar surface area (TPSA) is 115 Å². The summed E-state index contributed by atoms with van der Waals surface area (Å²) in [5.74, 6) is -0.232. The first-order valence-corrected chi connectivity index (χ1v) is 17.0. The summed E-state index contributed by atoms with van der Waals surface area (Å²) in [6.45, 7) is 10.5. The number of amides is 1. The third-order valence-corrected chi connectivity index (χ3v) is 10.2. The number of aliphatic hydroxyl groups excluding tert-OH is 1. The molecule has 1 aliphatic rings. The zero-order chi connectivity index (χ0) is 32.2. The minimum Gasteiger partial charge on any atom is -0.503 e. The van der Waals surface area contributed by atoms with Crippen LogP contribution in [0.2, 0.25) is 0 Å². The number of thioether (sulfide) groups is 1. The van der Waals surface area contributed by atoms with Gasteiger partial charge in [0, 0.05) is 5.75 Å². The van der Waals surface area contributed by atoms with E-state index in [0.717, 1.165) is 23.3 Å². The highest BCUT2D eigenvalue weighted by Gasteiger charge is 2.47. The van der Waals surface area contributed by atoms with Gasteiger partial charge in [-0.3, -0.25) is 14.5 Å². The molecular formula is C32H33FN4O5S3. The van der Waals surface area contributed by atoms with Crippen molar-refractivity contribution in [3.05, 3.63) is 86.3 Å². The summed E-state index contributed by atoms with van der Waals surface area (Å²) in [5.41, 5.74) is 1.88. The summed E-state index contributed by atoms with van der Waals surface area (Å²) < 4.78 is 25.9. The van der Waals surface area contributed by atoms with Crippen LogP contribution in [0.5, 0.6) is 11.5 Å². The molecule has 0 saturated heterocycles. The standard InChI is InChI=1S/C32H33FN4O5S3/c1-6-41-24-15-21(9-12-23(24)42-14-13-17(2)3)26-25(27(38)29-18(4)34-19(5)44-29)28(39)30(40)37(26)31-35-36-32(45-31)43-16-20-7-10-22(33)11-8-20/h7-12,15,17,26,39H,6,13-14,16H2,1-5H3. The number of hydrogen-bond donors (Lipinski definition) is 1. The molecule has 0 radical (unpaired) electrons. The number of carbonyl (C=O) groups excluding carboxylic acids is 2. The third kappa shape index (κ3) is 7.21. The fraction of sp³-hybridized carbons (Fsp3) is 0.344. The summed E-state index contributed by atoms with van der Waals surface area (Å²) in [7, 11) is 0. The summed E-state index contributed by atoms with van der Waals surface area (Å²) in [4.78, 5) is 33.8. The molecule has 3 heterocycles. The van der Waals surface area contributed by atoms with Crippen LogP contribution >= 0.6 is 34.4 Å². The number of ketones is 1. The second-order valence-electron chi connectivity index (χ2n) is 10.8. The molecule has 4 aromatic rings. The zero-order valence-electron chi connectivity index (χ0n) is 25.5. The summed E-state index contributed by atoms with van der Waals surface area (Å²) in [6, 6.07) is 10.4. The molecule has 0 bridgehead atoms. The van der Waals surface area contributed by atoms with Gasteiger partial charge in [-0.05, 0) is 68.5 Å². The van der Waals surface area contributed by atoms with Crippen LogP contribution in [-0.4, -0.2) is 45.2 Å². The Hall–Kier alpha value is -3.81. The first kappa shape index (κ1) is 32.6. The molecule has 2 aromatic heterocycles. The Kier molecular flexibility index (Phi) is 10.2. The highest BCUT2D eigenvalue weighted by atomic mass is 32.2. The summed E-state index contributed by atoms with van der Waals surface area (Å²) >= 11 is 3.76. The van der Waals surface area contributed by atoms with Crippen molar-refractivity contribution in [3.8, 4) is 11.5 Å². The number of rotatable bonds is 13. The number of thiazole rings is 1. The van der Waals surface area contributed by atoms with Crippen molar-refractivity contribution in [2.45, 2.75) is 57.2 Å². The number of halogens is 1. The maximum Gasteiger partial charge on any atom is 0.296 e. The molecule has 9 nitrogen and oxygen atoms in total. The minimum absolute atomic E-state index is 0.0709. The Labute approximate surface area is 273 Å². The molecule has 2 aromatic carbocycles. The van der Waals surface area contributed by atoms with Crippen molar-refractivity contribution in [1.82, 2.24) is 15.2 Å². The van der Waals surface area contributed by atoms with Crippen molar-refractivity contribution in [2.75, 3.05) is 18.1 Å². The van der Waals surface area contributed by atoms with E-state index in [9.17, 15) is 19.1 Å². The number of hydrogen-bond acceptors (Lipinski definition) is 11. The van der Waals surface area contributed by atoms with Crippen molar-refractivity contribution < 1.29 is 28.6 Å². The van der Waals surface area contributed by atoms with Gasteiger partial charge in [0.05, 0.1) is 40.4 Å². The number of Topliss-reactive ketones (excluding diaryl/α,β-unsaturated/α-hetero) is 1. The molecule has 0 spiro atoms. The molecule has 236 valence electrons. The zero-order valence-corrected chi connectivity index (χ0v) is 27.9. The lowest BCUT2D eigenvalue weighted by atomic mass is 9.95. The van der Waals surface area contributed by atoms with Gasteiger partial charge in [0.15, 0.2) is 21.6 Å². The van der Waals surface area contributed by atoms with E-state index in [0.29, 0.717) is 61.9 Å². The molecule has 1 atom stereocenters. The number of benzene rings is 2. The van der Waals surface area contributed by atoms with Gasteiger partial charge in [0.2, 0.25) is 10.9 Å². The van der Waals surface area contributed by atoms with Crippen LogP contribution in [0.4, 0.5) is 9.52 Å². The predicted molar refractivity (Wildman–Crippen MR) is 174 cm³/mol. The Bertz CT molecular complexity index is 1730. The van der Waals surface area contributed by atoms with Crippen molar-refractivity contribution in [2.24, 2.45) is 5.92 Å².